The number of ether oxygens (including phenoxy) is 1. The number of halogens is 1. The van der Waals surface area contributed by atoms with Crippen LogP contribution in [0.5, 0.6) is 0 Å². The maximum absolute atomic E-state index is 10.2. The first-order valence-corrected chi connectivity index (χ1v) is 3.04. The summed E-state index contributed by atoms with van der Waals surface area (Å²) >= 11 is 5.44. The second-order valence-electron chi connectivity index (χ2n) is 1.65. The third-order valence-corrected chi connectivity index (χ3v) is 1.32. The monoisotopic (exact) mass is 151 g/mol. The highest BCUT2D eigenvalue weighted by Gasteiger charge is 2.09. The average Bonchev–Trinajstić information content (AvgIpc) is 1.82. The highest BCUT2D eigenvalue weighted by atomic mass is 35.5. The number of carbonyl (C=O) groups is 1. The molecule has 1 amide bonds. The van der Waals surface area contributed by atoms with Gasteiger partial charge in [-0.15, -0.1) is 11.6 Å². The Labute approximate surface area is 59.1 Å². The lowest BCUT2D eigenvalue weighted by atomic mass is 10.3. The molecule has 0 heterocycles. The van der Waals surface area contributed by atoms with E-state index >= 15 is 0 Å². The van der Waals surface area contributed by atoms with Crippen molar-refractivity contribution in [1.82, 2.24) is 0 Å². The van der Waals surface area contributed by atoms with Crippen molar-refractivity contribution in [1.29, 1.82) is 0 Å². The van der Waals surface area contributed by atoms with Crippen molar-refractivity contribution in [3.8, 4) is 0 Å². The fourth-order valence-corrected chi connectivity index (χ4v) is 0.453. The van der Waals surface area contributed by atoms with Crippen molar-refractivity contribution in [2.24, 2.45) is 5.73 Å². The summed E-state index contributed by atoms with van der Waals surface area (Å²) < 4.78 is 4.67. The number of methoxy groups -OCH3 is 1. The topological polar surface area (TPSA) is 52.3 Å². The number of rotatable bonds is 4. The van der Waals surface area contributed by atoms with E-state index in [2.05, 4.69) is 4.74 Å². The Morgan fingerprint density at radius 2 is 2.44 bits per heavy atom. The van der Waals surface area contributed by atoms with Gasteiger partial charge in [-0.25, -0.2) is 0 Å². The van der Waals surface area contributed by atoms with Crippen LogP contribution in [-0.2, 0) is 9.53 Å². The molecular formula is C5H10ClNO2. The lowest BCUT2D eigenvalue weighted by Crippen LogP contribution is -2.24. The van der Waals surface area contributed by atoms with Gasteiger partial charge in [-0.3, -0.25) is 4.79 Å². The van der Waals surface area contributed by atoms with Crippen LogP contribution in [0.1, 0.15) is 6.42 Å². The molecular weight excluding hydrogens is 142 g/mol. The van der Waals surface area contributed by atoms with Crippen molar-refractivity contribution in [2.75, 3.05) is 13.7 Å². The van der Waals surface area contributed by atoms with E-state index < -0.39 is 11.3 Å². The molecule has 1 atom stereocenters. The Bertz CT molecular complexity index is 97.0. The van der Waals surface area contributed by atoms with E-state index in [0.29, 0.717) is 13.0 Å². The van der Waals surface area contributed by atoms with Crippen LogP contribution in [-0.4, -0.2) is 25.0 Å². The summed E-state index contributed by atoms with van der Waals surface area (Å²) in [5.74, 6) is -0.492. The molecule has 0 spiro atoms. The molecule has 0 saturated carbocycles. The zero-order valence-corrected chi connectivity index (χ0v) is 6.02. The van der Waals surface area contributed by atoms with Crippen molar-refractivity contribution >= 4 is 17.5 Å². The fourth-order valence-electron chi connectivity index (χ4n) is 0.364. The van der Waals surface area contributed by atoms with Gasteiger partial charge in [-0.05, 0) is 6.42 Å². The van der Waals surface area contributed by atoms with Crippen molar-refractivity contribution in [3.05, 3.63) is 0 Å². The average molecular weight is 152 g/mol. The predicted octanol–water partition coefficient (Wildman–Crippen LogP) is 0.116. The molecule has 0 rings (SSSR count). The summed E-state index contributed by atoms with van der Waals surface area (Å²) in [7, 11) is 1.55. The van der Waals surface area contributed by atoms with Crippen LogP contribution in [0.25, 0.3) is 0 Å². The number of alkyl halides is 1. The second kappa shape index (κ2) is 4.58. The van der Waals surface area contributed by atoms with E-state index in [1.165, 1.54) is 0 Å². The minimum atomic E-state index is -0.593. The van der Waals surface area contributed by atoms with Crippen LogP contribution in [0.4, 0.5) is 0 Å². The minimum absolute atomic E-state index is 0.469. The van der Waals surface area contributed by atoms with E-state index in [0.717, 1.165) is 0 Å². The molecule has 0 saturated heterocycles. The highest BCUT2D eigenvalue weighted by Crippen LogP contribution is 1.99. The van der Waals surface area contributed by atoms with Gasteiger partial charge in [0.25, 0.3) is 0 Å². The molecule has 0 aromatic carbocycles. The van der Waals surface area contributed by atoms with Crippen LogP contribution in [0, 0.1) is 0 Å². The lowest BCUT2D eigenvalue weighted by molar-refractivity contribution is -0.117. The first-order chi connectivity index (χ1) is 4.18. The Balaban J connectivity index is 3.27. The Morgan fingerprint density at radius 1 is 1.89 bits per heavy atom. The van der Waals surface area contributed by atoms with Gasteiger partial charge in [0.15, 0.2) is 0 Å². The molecule has 0 radical (unpaired) electrons. The first kappa shape index (κ1) is 8.72. The van der Waals surface area contributed by atoms with E-state index in [1.54, 1.807) is 7.11 Å². The Hall–Kier alpha value is -0.280. The summed E-state index contributed by atoms with van der Waals surface area (Å²) in [6, 6.07) is 0. The summed E-state index contributed by atoms with van der Waals surface area (Å²) in [6.07, 6.45) is 0.480. The molecule has 4 heteroatoms. The van der Waals surface area contributed by atoms with Gasteiger partial charge in [0.05, 0.1) is 0 Å². The first-order valence-electron chi connectivity index (χ1n) is 2.60. The third kappa shape index (κ3) is 4.24. The standard InChI is InChI=1S/C5H10ClNO2/c1-9-3-2-4(6)5(7)8/h4H,2-3H2,1H3,(H2,7,8). The molecule has 1 unspecified atom stereocenters. The molecule has 0 aliphatic heterocycles. The van der Waals surface area contributed by atoms with Crippen LogP contribution in [0.3, 0.4) is 0 Å². The number of primary amides is 1. The minimum Gasteiger partial charge on any atom is -0.385 e. The van der Waals surface area contributed by atoms with E-state index in [-0.39, 0.29) is 0 Å². The van der Waals surface area contributed by atoms with Crippen LogP contribution < -0.4 is 5.73 Å². The van der Waals surface area contributed by atoms with Crippen molar-refractivity contribution in [2.45, 2.75) is 11.8 Å². The number of amides is 1. The third-order valence-electron chi connectivity index (χ3n) is 0.884. The molecule has 0 aliphatic carbocycles. The molecule has 0 bridgehead atoms. The maximum Gasteiger partial charge on any atom is 0.235 e. The molecule has 0 aromatic rings. The predicted molar refractivity (Wildman–Crippen MR) is 35.3 cm³/mol. The fraction of sp³-hybridized carbons (Fsp3) is 0.800. The van der Waals surface area contributed by atoms with Gasteiger partial charge in [-0.2, -0.15) is 0 Å². The molecule has 54 valence electrons. The Morgan fingerprint density at radius 3 is 2.78 bits per heavy atom. The molecule has 0 aliphatic rings. The van der Waals surface area contributed by atoms with Gasteiger partial charge in [0.1, 0.15) is 5.38 Å². The van der Waals surface area contributed by atoms with Gasteiger partial charge in [-0.1, -0.05) is 0 Å². The van der Waals surface area contributed by atoms with Crippen LogP contribution >= 0.6 is 11.6 Å². The van der Waals surface area contributed by atoms with Gasteiger partial charge in [0.2, 0.25) is 5.91 Å². The number of nitrogens with two attached hydrogens (primary N) is 1. The van der Waals surface area contributed by atoms with Gasteiger partial charge in [0, 0.05) is 13.7 Å². The van der Waals surface area contributed by atoms with Crippen molar-refractivity contribution in [3.63, 3.8) is 0 Å². The van der Waals surface area contributed by atoms with E-state index in [4.69, 9.17) is 17.3 Å². The van der Waals surface area contributed by atoms with E-state index in [9.17, 15) is 4.79 Å². The second-order valence-corrected chi connectivity index (χ2v) is 2.18. The Kier molecular flexibility index (Phi) is 4.44. The normalized spacial score (nSPS) is 13.1. The summed E-state index contributed by atoms with van der Waals surface area (Å²) in [4.78, 5) is 10.2. The lowest BCUT2D eigenvalue weighted by Gasteiger charge is -2.01. The molecule has 0 aromatic heterocycles. The molecule has 9 heavy (non-hydrogen) atoms. The quantitative estimate of drug-likeness (QED) is 0.580. The van der Waals surface area contributed by atoms with Crippen LogP contribution in [0.15, 0.2) is 0 Å². The van der Waals surface area contributed by atoms with E-state index in [1.807, 2.05) is 0 Å². The van der Waals surface area contributed by atoms with Crippen LogP contribution in [0.2, 0.25) is 0 Å². The zero-order chi connectivity index (χ0) is 7.28. The SMILES string of the molecule is COCCC(Cl)C(N)=O. The van der Waals surface area contributed by atoms with Crippen molar-refractivity contribution < 1.29 is 9.53 Å². The maximum atomic E-state index is 10.2. The number of hydrogen-bond donors (Lipinski definition) is 1. The molecule has 3 nitrogen and oxygen atoms in total. The highest BCUT2D eigenvalue weighted by molar-refractivity contribution is 6.30. The van der Waals surface area contributed by atoms with Gasteiger partial charge < -0.3 is 10.5 Å². The summed E-state index contributed by atoms with van der Waals surface area (Å²) in [5, 5.41) is -0.593. The number of hydrogen-bond acceptors (Lipinski definition) is 2. The molecule has 0 fully saturated rings. The number of carbonyl (C=O) groups excluding carboxylic acids is 1. The zero-order valence-electron chi connectivity index (χ0n) is 5.26. The summed E-state index contributed by atoms with van der Waals surface area (Å²) in [6.45, 7) is 0.469. The molecule has 2 N–H and O–H groups in total. The smallest absolute Gasteiger partial charge is 0.235 e. The summed E-state index contributed by atoms with van der Waals surface area (Å²) in [5.41, 5.74) is 4.85. The van der Waals surface area contributed by atoms with Gasteiger partial charge >= 0.3 is 0 Å². The largest absolute Gasteiger partial charge is 0.385 e.